The number of nitrogens with one attached hydrogen (secondary N) is 1. The summed E-state index contributed by atoms with van der Waals surface area (Å²) < 4.78 is 37.2. The molecule has 1 aliphatic carbocycles. The van der Waals surface area contributed by atoms with E-state index in [4.69, 9.17) is 0 Å². The summed E-state index contributed by atoms with van der Waals surface area (Å²) in [7, 11) is 1.59. The molecule has 0 aromatic carbocycles. The van der Waals surface area contributed by atoms with Gasteiger partial charge in [-0.1, -0.05) is 26.2 Å². The first-order valence-electron chi connectivity index (χ1n) is 6.44. The maximum Gasteiger partial charge on any atom is 0.401 e. The van der Waals surface area contributed by atoms with Crippen LogP contribution in [0.1, 0.15) is 39.0 Å². The SMILES string of the molecule is CCNC1CCCCCC1N(C)CC(F)(F)F. The van der Waals surface area contributed by atoms with Crippen molar-refractivity contribution >= 4 is 0 Å². The molecule has 0 bridgehead atoms. The average Bonchev–Trinajstić information content (AvgIpc) is 2.41. The normalized spacial score (nSPS) is 27.2. The van der Waals surface area contributed by atoms with Gasteiger partial charge in [0.15, 0.2) is 0 Å². The minimum atomic E-state index is -4.10. The molecule has 0 spiro atoms. The van der Waals surface area contributed by atoms with Crippen LogP contribution in [-0.4, -0.2) is 43.3 Å². The van der Waals surface area contributed by atoms with Crippen molar-refractivity contribution in [2.24, 2.45) is 0 Å². The molecule has 5 heteroatoms. The van der Waals surface area contributed by atoms with Crippen LogP contribution in [0, 0.1) is 0 Å². The molecule has 0 amide bonds. The molecular weight excluding hydrogens is 229 g/mol. The van der Waals surface area contributed by atoms with E-state index in [9.17, 15) is 13.2 Å². The molecule has 2 nitrogen and oxygen atoms in total. The highest BCUT2D eigenvalue weighted by Gasteiger charge is 2.34. The van der Waals surface area contributed by atoms with Crippen LogP contribution in [0.2, 0.25) is 0 Å². The van der Waals surface area contributed by atoms with Crippen molar-refractivity contribution in [2.45, 2.75) is 57.3 Å². The Hall–Kier alpha value is -0.290. The van der Waals surface area contributed by atoms with E-state index in [2.05, 4.69) is 5.32 Å². The van der Waals surface area contributed by atoms with Gasteiger partial charge in [0.25, 0.3) is 0 Å². The maximum atomic E-state index is 12.4. The first kappa shape index (κ1) is 14.8. The van der Waals surface area contributed by atoms with Crippen LogP contribution in [0.25, 0.3) is 0 Å². The molecule has 0 aliphatic heterocycles. The van der Waals surface area contributed by atoms with Gasteiger partial charge in [0.2, 0.25) is 0 Å². The Labute approximate surface area is 102 Å². The summed E-state index contributed by atoms with van der Waals surface area (Å²) in [4.78, 5) is 1.47. The molecule has 1 rings (SSSR count). The summed E-state index contributed by atoms with van der Waals surface area (Å²) in [5.41, 5.74) is 0. The minimum absolute atomic E-state index is 0.0130. The number of alkyl halides is 3. The molecule has 1 N–H and O–H groups in total. The van der Waals surface area contributed by atoms with Crippen LogP contribution >= 0.6 is 0 Å². The van der Waals surface area contributed by atoms with E-state index in [1.165, 1.54) is 4.90 Å². The Morgan fingerprint density at radius 3 is 2.41 bits per heavy atom. The Morgan fingerprint density at radius 1 is 1.18 bits per heavy atom. The second-order valence-corrected chi connectivity index (χ2v) is 4.90. The number of likely N-dealkylation sites (N-methyl/N-ethyl adjacent to an activating group) is 2. The lowest BCUT2D eigenvalue weighted by Gasteiger charge is -2.34. The molecule has 1 fully saturated rings. The second-order valence-electron chi connectivity index (χ2n) is 4.90. The van der Waals surface area contributed by atoms with E-state index in [0.717, 1.165) is 38.6 Å². The zero-order chi connectivity index (χ0) is 12.9. The molecule has 0 radical (unpaired) electrons. The van der Waals surface area contributed by atoms with Crippen LogP contribution in [0.3, 0.4) is 0 Å². The van der Waals surface area contributed by atoms with Crippen LogP contribution in [0.15, 0.2) is 0 Å². The van der Waals surface area contributed by atoms with E-state index in [-0.39, 0.29) is 12.1 Å². The summed E-state index contributed by atoms with van der Waals surface area (Å²) in [5, 5.41) is 3.33. The summed E-state index contributed by atoms with van der Waals surface area (Å²) in [6, 6.07) is 0.217. The number of nitrogens with zero attached hydrogens (tertiary/aromatic N) is 1. The molecule has 0 saturated heterocycles. The Kier molecular flexibility index (Phi) is 5.73. The molecule has 1 aliphatic rings. The second kappa shape index (κ2) is 6.59. The predicted molar refractivity (Wildman–Crippen MR) is 63.0 cm³/mol. The molecule has 2 unspecified atom stereocenters. The molecule has 0 heterocycles. The van der Waals surface area contributed by atoms with Crippen LogP contribution in [0.5, 0.6) is 0 Å². The average molecular weight is 252 g/mol. The molecular formula is C12H23F3N2. The van der Waals surface area contributed by atoms with E-state index in [0.29, 0.717) is 0 Å². The maximum absolute atomic E-state index is 12.4. The highest BCUT2D eigenvalue weighted by molar-refractivity contribution is 4.86. The monoisotopic (exact) mass is 252 g/mol. The minimum Gasteiger partial charge on any atom is -0.313 e. The number of hydrogen-bond donors (Lipinski definition) is 1. The van der Waals surface area contributed by atoms with Gasteiger partial charge in [-0.3, -0.25) is 4.90 Å². The molecule has 0 aromatic rings. The Morgan fingerprint density at radius 2 is 1.82 bits per heavy atom. The number of hydrogen-bond acceptors (Lipinski definition) is 2. The zero-order valence-corrected chi connectivity index (χ0v) is 10.7. The van der Waals surface area contributed by atoms with E-state index in [1.54, 1.807) is 7.05 Å². The van der Waals surface area contributed by atoms with E-state index in [1.807, 2.05) is 6.92 Å². The number of halogens is 3. The smallest absolute Gasteiger partial charge is 0.313 e. The van der Waals surface area contributed by atoms with Crippen LogP contribution in [0.4, 0.5) is 13.2 Å². The Bertz CT molecular complexity index is 218. The van der Waals surface area contributed by atoms with Crippen molar-refractivity contribution in [1.82, 2.24) is 10.2 Å². The van der Waals surface area contributed by atoms with Gasteiger partial charge >= 0.3 is 6.18 Å². The van der Waals surface area contributed by atoms with Gasteiger partial charge in [-0.05, 0) is 26.4 Å². The van der Waals surface area contributed by atoms with Gasteiger partial charge in [0, 0.05) is 12.1 Å². The molecule has 1 saturated carbocycles. The van der Waals surface area contributed by atoms with Gasteiger partial charge in [-0.15, -0.1) is 0 Å². The first-order chi connectivity index (χ1) is 7.94. The highest BCUT2D eigenvalue weighted by atomic mass is 19.4. The van der Waals surface area contributed by atoms with E-state index >= 15 is 0 Å². The fraction of sp³-hybridized carbons (Fsp3) is 1.00. The van der Waals surface area contributed by atoms with E-state index < -0.39 is 12.7 Å². The summed E-state index contributed by atoms with van der Waals surface area (Å²) >= 11 is 0. The summed E-state index contributed by atoms with van der Waals surface area (Å²) in [5.74, 6) is 0. The van der Waals surface area contributed by atoms with Gasteiger partial charge in [-0.2, -0.15) is 13.2 Å². The highest BCUT2D eigenvalue weighted by Crippen LogP contribution is 2.25. The third-order valence-corrected chi connectivity index (χ3v) is 3.44. The van der Waals surface area contributed by atoms with Crippen LogP contribution < -0.4 is 5.32 Å². The van der Waals surface area contributed by atoms with Crippen LogP contribution in [-0.2, 0) is 0 Å². The topological polar surface area (TPSA) is 15.3 Å². The van der Waals surface area contributed by atoms with Crippen molar-refractivity contribution in [3.05, 3.63) is 0 Å². The van der Waals surface area contributed by atoms with Gasteiger partial charge in [-0.25, -0.2) is 0 Å². The fourth-order valence-corrected chi connectivity index (χ4v) is 2.72. The standard InChI is InChI=1S/C12H23F3N2/c1-3-16-10-7-5-4-6-8-11(10)17(2)9-12(13,14)15/h10-11,16H,3-9H2,1-2H3. The quantitative estimate of drug-likeness (QED) is 0.774. The van der Waals surface area contributed by atoms with Gasteiger partial charge in [0.05, 0.1) is 6.54 Å². The summed E-state index contributed by atoms with van der Waals surface area (Å²) in [6.07, 6.45) is 1.05. The third kappa shape index (κ3) is 5.25. The lowest BCUT2D eigenvalue weighted by molar-refractivity contribution is -0.148. The van der Waals surface area contributed by atoms with Gasteiger partial charge < -0.3 is 5.32 Å². The van der Waals surface area contributed by atoms with Crippen molar-refractivity contribution in [2.75, 3.05) is 20.1 Å². The molecule has 2 atom stereocenters. The molecule has 17 heavy (non-hydrogen) atoms. The van der Waals surface area contributed by atoms with Gasteiger partial charge in [0.1, 0.15) is 0 Å². The fourth-order valence-electron chi connectivity index (χ4n) is 2.72. The lowest BCUT2D eigenvalue weighted by Crippen LogP contribution is -2.50. The van der Waals surface area contributed by atoms with Crippen molar-refractivity contribution < 1.29 is 13.2 Å². The first-order valence-corrected chi connectivity index (χ1v) is 6.44. The lowest BCUT2D eigenvalue weighted by atomic mass is 10.0. The molecule has 0 aromatic heterocycles. The Balaban J connectivity index is 2.61. The van der Waals surface area contributed by atoms with Crippen molar-refractivity contribution in [3.63, 3.8) is 0 Å². The largest absolute Gasteiger partial charge is 0.401 e. The number of rotatable bonds is 4. The van der Waals surface area contributed by atoms with Crippen molar-refractivity contribution in [1.29, 1.82) is 0 Å². The zero-order valence-electron chi connectivity index (χ0n) is 10.7. The molecule has 102 valence electrons. The van der Waals surface area contributed by atoms with Crippen molar-refractivity contribution in [3.8, 4) is 0 Å². The predicted octanol–water partition coefficient (Wildman–Crippen LogP) is 2.79. The summed E-state index contributed by atoms with van der Waals surface area (Å²) in [6.45, 7) is 2.02. The third-order valence-electron chi connectivity index (χ3n) is 3.44.